The van der Waals surface area contributed by atoms with E-state index >= 15 is 0 Å². The molecule has 7 nitrogen and oxygen atoms in total. The van der Waals surface area contributed by atoms with Gasteiger partial charge < -0.3 is 25.1 Å². The summed E-state index contributed by atoms with van der Waals surface area (Å²) in [7, 11) is 0. The van der Waals surface area contributed by atoms with Crippen molar-refractivity contribution in [3.05, 3.63) is 78.3 Å². The van der Waals surface area contributed by atoms with Gasteiger partial charge >= 0.3 is 0 Å². The average molecular weight is 393 g/mol. The van der Waals surface area contributed by atoms with E-state index in [1.54, 1.807) is 66.9 Å². The van der Waals surface area contributed by atoms with Gasteiger partial charge in [-0.05, 0) is 61.5 Å². The minimum absolute atomic E-state index is 0.0741. The second kappa shape index (κ2) is 9.98. The predicted molar refractivity (Wildman–Crippen MR) is 111 cm³/mol. The number of ether oxygens (including phenoxy) is 1. The lowest BCUT2D eigenvalue weighted by Gasteiger charge is -2.10. The van der Waals surface area contributed by atoms with Gasteiger partial charge in [-0.25, -0.2) is 0 Å². The van der Waals surface area contributed by atoms with Crippen molar-refractivity contribution < 1.29 is 18.7 Å². The van der Waals surface area contributed by atoms with Crippen LogP contribution in [-0.2, 0) is 11.3 Å². The summed E-state index contributed by atoms with van der Waals surface area (Å²) in [5.74, 6) is 1.02. The Balaban J connectivity index is 1.49. The number of carbonyl (C=O) groups is 2. The van der Waals surface area contributed by atoms with Crippen LogP contribution >= 0.6 is 0 Å². The fourth-order valence-electron chi connectivity index (χ4n) is 2.64. The topological polar surface area (TPSA) is 92.6 Å². The molecule has 0 saturated carbocycles. The molecule has 0 bridgehead atoms. The molecule has 1 heterocycles. The largest absolute Gasteiger partial charge is 0.494 e. The molecule has 3 rings (SSSR count). The lowest BCUT2D eigenvalue weighted by atomic mass is 10.2. The highest BCUT2D eigenvalue weighted by Crippen LogP contribution is 2.16. The molecular weight excluding hydrogens is 370 g/mol. The van der Waals surface area contributed by atoms with Gasteiger partial charge in [-0.2, -0.15) is 0 Å². The Labute approximate surface area is 169 Å². The molecule has 2 amide bonds. The molecule has 150 valence electrons. The molecular formula is C22H23N3O4. The molecule has 29 heavy (non-hydrogen) atoms. The maximum atomic E-state index is 12.3. The molecule has 0 atom stereocenters. The number of hydrogen-bond donors (Lipinski definition) is 3. The molecule has 0 saturated heterocycles. The molecule has 0 spiro atoms. The van der Waals surface area contributed by atoms with E-state index in [2.05, 4.69) is 16.0 Å². The molecule has 2 aromatic carbocycles. The van der Waals surface area contributed by atoms with Crippen molar-refractivity contribution >= 4 is 23.2 Å². The van der Waals surface area contributed by atoms with Gasteiger partial charge in [0.15, 0.2) is 0 Å². The number of nitrogens with one attached hydrogen (secondary N) is 3. The number of furan rings is 1. The molecule has 0 radical (unpaired) electrons. The van der Waals surface area contributed by atoms with Crippen LogP contribution in [0, 0.1) is 0 Å². The summed E-state index contributed by atoms with van der Waals surface area (Å²) in [6.45, 7) is 2.90. The molecule has 0 aliphatic carbocycles. The minimum atomic E-state index is -0.219. The summed E-state index contributed by atoms with van der Waals surface area (Å²) in [6.07, 6.45) is 1.56. The lowest BCUT2D eigenvalue weighted by Crippen LogP contribution is -2.23. The first-order chi connectivity index (χ1) is 14.1. The Morgan fingerprint density at radius 1 is 1.00 bits per heavy atom. The number of anilines is 2. The molecule has 0 aliphatic heterocycles. The van der Waals surface area contributed by atoms with E-state index in [0.717, 1.165) is 5.75 Å². The number of carbonyl (C=O) groups excluding carboxylic acids is 2. The highest BCUT2D eigenvalue weighted by molar-refractivity contribution is 5.96. The second-order valence-corrected chi connectivity index (χ2v) is 6.20. The van der Waals surface area contributed by atoms with Gasteiger partial charge in [-0.1, -0.05) is 6.07 Å². The van der Waals surface area contributed by atoms with E-state index in [1.807, 2.05) is 6.92 Å². The quantitative estimate of drug-likeness (QED) is 0.516. The van der Waals surface area contributed by atoms with Gasteiger partial charge in [0.25, 0.3) is 5.91 Å². The van der Waals surface area contributed by atoms with Crippen LogP contribution < -0.4 is 20.7 Å². The van der Waals surface area contributed by atoms with Gasteiger partial charge in [0.2, 0.25) is 5.91 Å². The maximum absolute atomic E-state index is 12.3. The fraction of sp³-hybridized carbons (Fsp3) is 0.182. The summed E-state index contributed by atoms with van der Waals surface area (Å²) < 4.78 is 10.6. The van der Waals surface area contributed by atoms with Crippen molar-refractivity contribution in [2.24, 2.45) is 0 Å². The Hall–Kier alpha value is -3.74. The minimum Gasteiger partial charge on any atom is -0.494 e. The van der Waals surface area contributed by atoms with E-state index < -0.39 is 0 Å². The van der Waals surface area contributed by atoms with Crippen molar-refractivity contribution in [2.45, 2.75) is 13.5 Å². The monoisotopic (exact) mass is 393 g/mol. The van der Waals surface area contributed by atoms with Crippen LogP contribution in [0.5, 0.6) is 5.75 Å². The van der Waals surface area contributed by atoms with Gasteiger partial charge in [-0.3, -0.25) is 9.59 Å². The molecule has 1 aromatic heterocycles. The van der Waals surface area contributed by atoms with Crippen LogP contribution in [0.1, 0.15) is 23.0 Å². The number of amides is 2. The summed E-state index contributed by atoms with van der Waals surface area (Å²) in [6, 6.07) is 17.7. The van der Waals surface area contributed by atoms with E-state index in [4.69, 9.17) is 9.15 Å². The Kier molecular flexibility index (Phi) is 6.89. The van der Waals surface area contributed by atoms with Crippen molar-refractivity contribution in [1.29, 1.82) is 0 Å². The van der Waals surface area contributed by atoms with Crippen LogP contribution in [0.4, 0.5) is 11.4 Å². The molecule has 3 N–H and O–H groups in total. The maximum Gasteiger partial charge on any atom is 0.251 e. The van der Waals surface area contributed by atoms with Gasteiger partial charge in [0.05, 0.1) is 26.0 Å². The SMILES string of the molecule is CCOc1ccc(NC(=O)CNc2cccc(C(=O)NCc3ccco3)c2)cc1. The Morgan fingerprint density at radius 3 is 2.55 bits per heavy atom. The zero-order chi connectivity index (χ0) is 20.5. The zero-order valence-electron chi connectivity index (χ0n) is 16.1. The summed E-state index contributed by atoms with van der Waals surface area (Å²) >= 11 is 0. The molecule has 3 aromatic rings. The second-order valence-electron chi connectivity index (χ2n) is 6.20. The standard InChI is InChI=1S/C22H23N3O4/c1-2-28-19-10-8-17(9-11-19)25-21(26)15-23-18-6-3-5-16(13-18)22(27)24-14-20-7-4-12-29-20/h3-13,23H,2,14-15H2,1H3,(H,24,27)(H,25,26). The number of benzene rings is 2. The average Bonchev–Trinajstić information content (AvgIpc) is 3.26. The third-order valence-electron chi connectivity index (χ3n) is 4.03. The first-order valence-corrected chi connectivity index (χ1v) is 9.31. The first kappa shape index (κ1) is 20.0. The summed E-state index contributed by atoms with van der Waals surface area (Å²) in [4.78, 5) is 24.4. The summed E-state index contributed by atoms with van der Waals surface area (Å²) in [5, 5.41) is 8.62. The third kappa shape index (κ3) is 6.14. The Morgan fingerprint density at radius 2 is 1.83 bits per heavy atom. The van der Waals surface area contributed by atoms with E-state index in [-0.39, 0.29) is 18.4 Å². The first-order valence-electron chi connectivity index (χ1n) is 9.31. The predicted octanol–water partition coefficient (Wildman–Crippen LogP) is 3.66. The van der Waals surface area contributed by atoms with Crippen molar-refractivity contribution in [1.82, 2.24) is 5.32 Å². The van der Waals surface area contributed by atoms with Crippen molar-refractivity contribution in [3.8, 4) is 5.75 Å². The van der Waals surface area contributed by atoms with Crippen molar-refractivity contribution in [2.75, 3.05) is 23.8 Å². The van der Waals surface area contributed by atoms with Crippen LogP contribution in [-0.4, -0.2) is 25.0 Å². The Bertz CT molecular complexity index is 937. The normalized spacial score (nSPS) is 10.2. The van der Waals surface area contributed by atoms with Gasteiger partial charge in [-0.15, -0.1) is 0 Å². The summed E-state index contributed by atoms with van der Waals surface area (Å²) in [5.41, 5.74) is 1.86. The number of hydrogen-bond acceptors (Lipinski definition) is 5. The van der Waals surface area contributed by atoms with Gasteiger partial charge in [0.1, 0.15) is 11.5 Å². The van der Waals surface area contributed by atoms with Crippen LogP contribution in [0.25, 0.3) is 0 Å². The fourth-order valence-corrected chi connectivity index (χ4v) is 2.64. The van der Waals surface area contributed by atoms with E-state index in [0.29, 0.717) is 35.9 Å². The van der Waals surface area contributed by atoms with Crippen molar-refractivity contribution in [3.63, 3.8) is 0 Å². The smallest absolute Gasteiger partial charge is 0.251 e. The highest BCUT2D eigenvalue weighted by atomic mass is 16.5. The van der Waals surface area contributed by atoms with Gasteiger partial charge in [0, 0.05) is 16.9 Å². The highest BCUT2D eigenvalue weighted by Gasteiger charge is 2.08. The molecule has 0 aliphatic rings. The third-order valence-corrected chi connectivity index (χ3v) is 4.03. The van der Waals surface area contributed by atoms with Crippen LogP contribution in [0.3, 0.4) is 0 Å². The zero-order valence-corrected chi connectivity index (χ0v) is 16.1. The molecule has 7 heteroatoms. The lowest BCUT2D eigenvalue weighted by molar-refractivity contribution is -0.114. The van der Waals surface area contributed by atoms with Crippen LogP contribution in [0.15, 0.2) is 71.3 Å². The van der Waals surface area contributed by atoms with Crippen LogP contribution in [0.2, 0.25) is 0 Å². The molecule has 0 unspecified atom stereocenters. The number of rotatable bonds is 9. The van der Waals surface area contributed by atoms with E-state index in [1.165, 1.54) is 0 Å². The molecule has 0 fully saturated rings. The van der Waals surface area contributed by atoms with E-state index in [9.17, 15) is 9.59 Å².